The molecule has 0 aliphatic carbocycles. The van der Waals surface area contributed by atoms with E-state index in [1.807, 2.05) is 0 Å². The number of fused-ring (bicyclic) bond motifs is 1. The third-order valence-corrected chi connectivity index (χ3v) is 4.72. The van der Waals surface area contributed by atoms with Gasteiger partial charge >= 0.3 is 11.9 Å². The third-order valence-electron chi connectivity index (χ3n) is 4.47. The molecule has 8 heteroatoms. The number of carbonyl (C=O) groups excluding carboxylic acids is 3. The molecule has 30 heavy (non-hydrogen) atoms. The van der Waals surface area contributed by atoms with Crippen molar-refractivity contribution in [3.8, 4) is 0 Å². The van der Waals surface area contributed by atoms with Crippen LogP contribution in [0, 0.1) is 5.82 Å². The first-order chi connectivity index (χ1) is 14.4. The average Bonchev–Trinajstić information content (AvgIpc) is 3.07. The van der Waals surface area contributed by atoms with Gasteiger partial charge in [-0.05, 0) is 56.3 Å². The Hall–Kier alpha value is -3.19. The van der Waals surface area contributed by atoms with E-state index in [1.54, 1.807) is 26.0 Å². The average molecular weight is 432 g/mol. The van der Waals surface area contributed by atoms with Gasteiger partial charge in [-0.2, -0.15) is 0 Å². The number of esters is 2. The molecule has 1 aromatic heterocycles. The number of hydrogen-bond donors (Lipinski definition) is 1. The predicted octanol–water partition coefficient (Wildman–Crippen LogP) is 4.40. The van der Waals surface area contributed by atoms with Crippen molar-refractivity contribution in [1.82, 2.24) is 4.98 Å². The number of H-pyrrole nitrogens is 1. The zero-order valence-corrected chi connectivity index (χ0v) is 17.1. The fourth-order valence-corrected chi connectivity index (χ4v) is 3.32. The summed E-state index contributed by atoms with van der Waals surface area (Å²) in [6.07, 6.45) is 0. The zero-order chi connectivity index (χ0) is 21.8. The molecule has 0 saturated heterocycles. The van der Waals surface area contributed by atoms with E-state index in [4.69, 9.17) is 21.1 Å². The van der Waals surface area contributed by atoms with E-state index in [2.05, 4.69) is 4.98 Å². The SMILES string of the molecule is CCOC(=O)C(C(=O)OCC)c1c(C(=O)c2ccc(Cl)cc2)[nH]c2ccc(F)cc12. The molecule has 0 aliphatic rings. The first-order valence-corrected chi connectivity index (χ1v) is 9.69. The van der Waals surface area contributed by atoms with Gasteiger partial charge in [0.05, 0.1) is 18.9 Å². The molecule has 1 heterocycles. The van der Waals surface area contributed by atoms with Crippen LogP contribution in [0.1, 0.15) is 41.4 Å². The summed E-state index contributed by atoms with van der Waals surface area (Å²) in [4.78, 5) is 41.5. The summed E-state index contributed by atoms with van der Waals surface area (Å²) in [7, 11) is 0. The number of aromatic nitrogens is 1. The van der Waals surface area contributed by atoms with Gasteiger partial charge in [0.15, 0.2) is 5.92 Å². The molecule has 0 radical (unpaired) electrons. The highest BCUT2D eigenvalue weighted by Crippen LogP contribution is 2.33. The summed E-state index contributed by atoms with van der Waals surface area (Å²) in [6.45, 7) is 3.22. The van der Waals surface area contributed by atoms with Crippen molar-refractivity contribution < 1.29 is 28.2 Å². The van der Waals surface area contributed by atoms with Gasteiger partial charge < -0.3 is 14.5 Å². The lowest BCUT2D eigenvalue weighted by Gasteiger charge is -2.16. The molecule has 1 N–H and O–H groups in total. The largest absolute Gasteiger partial charge is 0.465 e. The van der Waals surface area contributed by atoms with Crippen LogP contribution in [0.4, 0.5) is 4.39 Å². The maximum absolute atomic E-state index is 14.0. The molecule has 3 rings (SSSR count). The number of ketones is 1. The van der Waals surface area contributed by atoms with E-state index in [0.717, 1.165) is 6.07 Å². The van der Waals surface area contributed by atoms with Crippen LogP contribution in [0.3, 0.4) is 0 Å². The van der Waals surface area contributed by atoms with E-state index in [1.165, 1.54) is 24.3 Å². The molecule has 0 fully saturated rings. The monoisotopic (exact) mass is 431 g/mol. The van der Waals surface area contributed by atoms with Crippen LogP contribution in [-0.4, -0.2) is 35.9 Å². The molecule has 0 spiro atoms. The van der Waals surface area contributed by atoms with Gasteiger partial charge in [-0.3, -0.25) is 14.4 Å². The molecule has 156 valence electrons. The van der Waals surface area contributed by atoms with Crippen molar-refractivity contribution >= 4 is 40.2 Å². The van der Waals surface area contributed by atoms with Gasteiger partial charge in [0.2, 0.25) is 5.78 Å². The lowest BCUT2D eigenvalue weighted by atomic mass is 9.92. The first kappa shape index (κ1) is 21.5. The number of aromatic amines is 1. The number of benzene rings is 2. The highest BCUT2D eigenvalue weighted by atomic mass is 35.5. The number of halogens is 2. The Kier molecular flexibility index (Phi) is 6.52. The second-order valence-corrected chi connectivity index (χ2v) is 6.81. The first-order valence-electron chi connectivity index (χ1n) is 9.32. The lowest BCUT2D eigenvalue weighted by Crippen LogP contribution is -2.27. The summed E-state index contributed by atoms with van der Waals surface area (Å²) >= 11 is 5.90. The Bertz CT molecular complexity index is 1090. The van der Waals surface area contributed by atoms with Crippen LogP contribution in [-0.2, 0) is 19.1 Å². The Morgan fingerprint density at radius 1 is 1.00 bits per heavy atom. The van der Waals surface area contributed by atoms with Crippen molar-refractivity contribution in [2.45, 2.75) is 19.8 Å². The van der Waals surface area contributed by atoms with Gasteiger partial charge in [-0.1, -0.05) is 11.6 Å². The summed E-state index contributed by atoms with van der Waals surface area (Å²) in [5.41, 5.74) is 0.659. The highest BCUT2D eigenvalue weighted by Gasteiger charge is 2.37. The molecule has 3 aromatic rings. The van der Waals surface area contributed by atoms with E-state index in [-0.39, 0.29) is 35.4 Å². The summed E-state index contributed by atoms with van der Waals surface area (Å²) in [5.74, 6) is -4.39. The van der Waals surface area contributed by atoms with Crippen molar-refractivity contribution in [3.05, 3.63) is 70.1 Å². The lowest BCUT2D eigenvalue weighted by molar-refractivity contribution is -0.156. The van der Waals surface area contributed by atoms with E-state index in [9.17, 15) is 18.8 Å². The standard InChI is InChI=1S/C22H19ClFNO5/c1-3-29-21(27)18(22(28)30-4-2)17-15-11-14(24)9-10-16(15)25-19(17)20(26)12-5-7-13(23)8-6-12/h5-11,18,25H,3-4H2,1-2H3. The van der Waals surface area contributed by atoms with Crippen LogP contribution in [0.15, 0.2) is 42.5 Å². The number of rotatable bonds is 7. The summed E-state index contributed by atoms with van der Waals surface area (Å²) in [5, 5.41) is 0.667. The number of ether oxygens (including phenoxy) is 2. The molecule has 6 nitrogen and oxygen atoms in total. The Labute approximate surface area is 176 Å². The summed E-state index contributed by atoms with van der Waals surface area (Å²) < 4.78 is 24.1. The molecule has 0 amide bonds. The molecule has 2 aromatic carbocycles. The molecule has 0 aliphatic heterocycles. The fourth-order valence-electron chi connectivity index (χ4n) is 3.19. The number of hydrogen-bond acceptors (Lipinski definition) is 5. The molecule has 0 bridgehead atoms. The second-order valence-electron chi connectivity index (χ2n) is 6.38. The van der Waals surface area contributed by atoms with Gasteiger partial charge in [0.25, 0.3) is 0 Å². The number of carbonyl (C=O) groups is 3. The second kappa shape index (κ2) is 9.09. The minimum Gasteiger partial charge on any atom is -0.465 e. The van der Waals surface area contributed by atoms with Crippen molar-refractivity contribution in [1.29, 1.82) is 0 Å². The van der Waals surface area contributed by atoms with Crippen LogP contribution in [0.5, 0.6) is 0 Å². The van der Waals surface area contributed by atoms with Gasteiger partial charge in [-0.25, -0.2) is 4.39 Å². The van der Waals surface area contributed by atoms with E-state index >= 15 is 0 Å². The Balaban J connectivity index is 2.26. The van der Waals surface area contributed by atoms with Crippen molar-refractivity contribution in [2.75, 3.05) is 13.2 Å². The maximum Gasteiger partial charge on any atom is 0.324 e. The van der Waals surface area contributed by atoms with Crippen LogP contribution in [0.25, 0.3) is 10.9 Å². The van der Waals surface area contributed by atoms with Gasteiger partial charge in [0, 0.05) is 27.1 Å². The molecule has 0 atom stereocenters. The van der Waals surface area contributed by atoms with Crippen molar-refractivity contribution in [3.63, 3.8) is 0 Å². The smallest absolute Gasteiger partial charge is 0.324 e. The predicted molar refractivity (Wildman–Crippen MR) is 109 cm³/mol. The maximum atomic E-state index is 14.0. The van der Waals surface area contributed by atoms with Crippen LogP contribution in [0.2, 0.25) is 5.02 Å². The summed E-state index contributed by atoms with van der Waals surface area (Å²) in [6, 6.07) is 9.93. The fraction of sp³-hybridized carbons (Fsp3) is 0.227. The molecule has 0 unspecified atom stereocenters. The van der Waals surface area contributed by atoms with Crippen LogP contribution >= 0.6 is 11.6 Å². The number of nitrogens with one attached hydrogen (secondary N) is 1. The normalized spacial score (nSPS) is 11.0. The Morgan fingerprint density at radius 2 is 1.60 bits per heavy atom. The topological polar surface area (TPSA) is 85.5 Å². The van der Waals surface area contributed by atoms with Crippen LogP contribution < -0.4 is 0 Å². The quantitative estimate of drug-likeness (QED) is 0.340. The minimum atomic E-state index is -1.55. The minimum absolute atomic E-state index is 0.0151. The highest BCUT2D eigenvalue weighted by molar-refractivity contribution is 6.30. The molecule has 0 saturated carbocycles. The van der Waals surface area contributed by atoms with Gasteiger partial charge in [-0.15, -0.1) is 0 Å². The zero-order valence-electron chi connectivity index (χ0n) is 16.3. The van der Waals surface area contributed by atoms with Crippen molar-refractivity contribution in [2.24, 2.45) is 0 Å². The third kappa shape index (κ3) is 4.21. The van der Waals surface area contributed by atoms with Gasteiger partial charge in [0.1, 0.15) is 5.82 Å². The Morgan fingerprint density at radius 3 is 2.17 bits per heavy atom. The molecular weight excluding hydrogens is 413 g/mol. The van der Waals surface area contributed by atoms with E-state index in [0.29, 0.717) is 10.5 Å². The van der Waals surface area contributed by atoms with E-state index < -0.39 is 29.5 Å². The molecular formula is C22H19ClFNO5.